The van der Waals surface area contributed by atoms with Gasteiger partial charge in [0.25, 0.3) is 0 Å². The molecular formula is C13H16O6. The van der Waals surface area contributed by atoms with Gasteiger partial charge in [0, 0.05) is 0 Å². The van der Waals surface area contributed by atoms with Crippen LogP contribution in [0.15, 0.2) is 12.1 Å². The second-order valence-electron chi connectivity index (χ2n) is 3.96. The molecule has 1 aliphatic heterocycles. The summed E-state index contributed by atoms with van der Waals surface area (Å²) < 4.78 is 25.6. The number of ether oxygens (including phenoxy) is 5. The van der Waals surface area contributed by atoms with Crippen molar-refractivity contribution in [2.75, 3.05) is 28.4 Å². The maximum atomic E-state index is 11.4. The number of hydrogen-bond acceptors (Lipinski definition) is 6. The van der Waals surface area contributed by atoms with E-state index in [-0.39, 0.29) is 6.10 Å². The predicted molar refractivity (Wildman–Crippen MR) is 65.7 cm³/mol. The third-order valence-electron chi connectivity index (χ3n) is 2.94. The van der Waals surface area contributed by atoms with E-state index in [1.807, 2.05) is 0 Å². The van der Waals surface area contributed by atoms with Gasteiger partial charge in [-0.15, -0.1) is 0 Å². The summed E-state index contributed by atoms with van der Waals surface area (Å²) in [5, 5.41) is 0. The van der Waals surface area contributed by atoms with E-state index in [0.29, 0.717) is 17.2 Å². The van der Waals surface area contributed by atoms with Crippen molar-refractivity contribution < 1.29 is 28.5 Å². The number of esters is 1. The van der Waals surface area contributed by atoms with Crippen LogP contribution in [0.25, 0.3) is 0 Å². The van der Waals surface area contributed by atoms with E-state index in [2.05, 4.69) is 4.74 Å². The monoisotopic (exact) mass is 268 g/mol. The van der Waals surface area contributed by atoms with Gasteiger partial charge in [0.15, 0.2) is 17.6 Å². The summed E-state index contributed by atoms with van der Waals surface area (Å²) in [6, 6.07) is 3.52. The van der Waals surface area contributed by atoms with E-state index < -0.39 is 12.1 Å². The van der Waals surface area contributed by atoms with Crippen molar-refractivity contribution in [2.24, 2.45) is 0 Å². The van der Waals surface area contributed by atoms with Crippen LogP contribution in [0.5, 0.6) is 17.2 Å². The minimum atomic E-state index is -0.562. The normalized spacial score (nSPS) is 20.6. The van der Waals surface area contributed by atoms with Gasteiger partial charge in [-0.05, 0) is 17.7 Å². The zero-order chi connectivity index (χ0) is 14.0. The summed E-state index contributed by atoms with van der Waals surface area (Å²) in [5.41, 5.74) is 0.782. The number of epoxide rings is 1. The van der Waals surface area contributed by atoms with E-state index in [4.69, 9.17) is 18.9 Å². The molecule has 19 heavy (non-hydrogen) atoms. The van der Waals surface area contributed by atoms with E-state index in [0.717, 1.165) is 5.56 Å². The summed E-state index contributed by atoms with van der Waals surface area (Å²) in [6.07, 6.45) is -0.894. The topological polar surface area (TPSA) is 66.5 Å². The molecule has 0 amide bonds. The molecule has 104 valence electrons. The second kappa shape index (κ2) is 5.36. The summed E-state index contributed by atoms with van der Waals surface area (Å²) in [6.45, 7) is 0. The zero-order valence-corrected chi connectivity index (χ0v) is 11.3. The van der Waals surface area contributed by atoms with Crippen LogP contribution in [0.4, 0.5) is 0 Å². The molecule has 2 atom stereocenters. The Balaban J connectivity index is 2.31. The Kier molecular flexibility index (Phi) is 3.80. The Morgan fingerprint density at radius 3 is 2.05 bits per heavy atom. The average Bonchev–Trinajstić information content (AvgIpc) is 3.25. The molecule has 0 saturated carbocycles. The van der Waals surface area contributed by atoms with Gasteiger partial charge in [0.2, 0.25) is 5.75 Å². The number of hydrogen-bond donors (Lipinski definition) is 0. The number of benzene rings is 1. The highest BCUT2D eigenvalue weighted by molar-refractivity contribution is 5.78. The molecule has 1 fully saturated rings. The summed E-state index contributed by atoms with van der Waals surface area (Å²) in [5.74, 6) is 1.16. The van der Waals surface area contributed by atoms with Crippen molar-refractivity contribution in [3.63, 3.8) is 0 Å². The van der Waals surface area contributed by atoms with Crippen molar-refractivity contribution in [1.29, 1.82) is 0 Å². The Bertz CT molecular complexity index is 459. The van der Waals surface area contributed by atoms with Crippen molar-refractivity contribution in [3.05, 3.63) is 17.7 Å². The maximum Gasteiger partial charge on any atom is 0.338 e. The Morgan fingerprint density at radius 2 is 1.63 bits per heavy atom. The molecular weight excluding hydrogens is 252 g/mol. The molecule has 1 saturated heterocycles. The first-order valence-electron chi connectivity index (χ1n) is 5.69. The van der Waals surface area contributed by atoms with Gasteiger partial charge in [-0.3, -0.25) is 0 Å². The van der Waals surface area contributed by atoms with Crippen LogP contribution in [-0.2, 0) is 14.3 Å². The van der Waals surface area contributed by atoms with E-state index >= 15 is 0 Å². The number of methoxy groups -OCH3 is 4. The molecule has 1 heterocycles. The summed E-state index contributed by atoms with van der Waals surface area (Å²) in [4.78, 5) is 11.4. The van der Waals surface area contributed by atoms with Crippen LogP contribution < -0.4 is 14.2 Å². The third-order valence-corrected chi connectivity index (χ3v) is 2.94. The van der Waals surface area contributed by atoms with Gasteiger partial charge < -0.3 is 23.7 Å². The van der Waals surface area contributed by atoms with Gasteiger partial charge in [-0.2, -0.15) is 0 Å². The predicted octanol–water partition coefficient (Wildman–Crippen LogP) is 1.33. The standard InChI is InChI=1S/C13H16O6/c1-15-8-5-7(6-9(16-2)11(8)17-3)10-12(19-10)13(14)18-4/h5-6,10,12H,1-4H3. The van der Waals surface area contributed by atoms with Crippen molar-refractivity contribution >= 4 is 5.97 Å². The quantitative estimate of drug-likeness (QED) is 0.593. The van der Waals surface area contributed by atoms with E-state index in [1.165, 1.54) is 28.4 Å². The molecule has 0 aromatic heterocycles. The first-order valence-corrected chi connectivity index (χ1v) is 5.69. The fourth-order valence-corrected chi connectivity index (χ4v) is 1.93. The van der Waals surface area contributed by atoms with Gasteiger partial charge in [-0.1, -0.05) is 0 Å². The fourth-order valence-electron chi connectivity index (χ4n) is 1.93. The smallest absolute Gasteiger partial charge is 0.338 e. The molecule has 6 nitrogen and oxygen atoms in total. The van der Waals surface area contributed by atoms with E-state index in [9.17, 15) is 4.79 Å². The summed E-state index contributed by atoms with van der Waals surface area (Å²) in [7, 11) is 5.93. The van der Waals surface area contributed by atoms with E-state index in [1.54, 1.807) is 12.1 Å². The number of rotatable bonds is 5. The van der Waals surface area contributed by atoms with Gasteiger partial charge in [0.05, 0.1) is 28.4 Å². The Morgan fingerprint density at radius 1 is 1.05 bits per heavy atom. The highest BCUT2D eigenvalue weighted by Gasteiger charge is 2.47. The molecule has 0 bridgehead atoms. The van der Waals surface area contributed by atoms with Crippen molar-refractivity contribution in [2.45, 2.75) is 12.2 Å². The lowest BCUT2D eigenvalue weighted by Crippen LogP contribution is -2.09. The molecule has 1 aromatic rings. The lowest BCUT2D eigenvalue weighted by molar-refractivity contribution is -0.142. The molecule has 0 spiro atoms. The number of carbonyl (C=O) groups is 1. The molecule has 2 unspecified atom stereocenters. The van der Waals surface area contributed by atoms with Crippen molar-refractivity contribution in [1.82, 2.24) is 0 Å². The highest BCUT2D eigenvalue weighted by atomic mass is 16.6. The first-order chi connectivity index (χ1) is 9.15. The fraction of sp³-hybridized carbons (Fsp3) is 0.462. The van der Waals surface area contributed by atoms with Gasteiger partial charge >= 0.3 is 5.97 Å². The molecule has 6 heteroatoms. The van der Waals surface area contributed by atoms with Gasteiger partial charge in [-0.25, -0.2) is 4.79 Å². The molecule has 1 aliphatic rings. The SMILES string of the molecule is COC(=O)C1OC1c1cc(OC)c(OC)c(OC)c1. The minimum Gasteiger partial charge on any atom is -0.493 e. The van der Waals surface area contributed by atoms with Gasteiger partial charge in [0.1, 0.15) is 6.10 Å². The summed E-state index contributed by atoms with van der Waals surface area (Å²) >= 11 is 0. The van der Waals surface area contributed by atoms with Crippen LogP contribution >= 0.6 is 0 Å². The maximum absolute atomic E-state index is 11.4. The van der Waals surface area contributed by atoms with Crippen LogP contribution in [-0.4, -0.2) is 40.5 Å². The molecule has 0 aliphatic carbocycles. The average molecular weight is 268 g/mol. The van der Waals surface area contributed by atoms with Crippen LogP contribution in [0.2, 0.25) is 0 Å². The largest absolute Gasteiger partial charge is 0.493 e. The third kappa shape index (κ3) is 2.44. The Labute approximate surface area is 111 Å². The number of carbonyl (C=O) groups excluding carboxylic acids is 1. The Hall–Kier alpha value is -1.95. The van der Waals surface area contributed by atoms with Crippen LogP contribution in [0, 0.1) is 0 Å². The zero-order valence-electron chi connectivity index (χ0n) is 11.3. The van der Waals surface area contributed by atoms with Crippen molar-refractivity contribution in [3.8, 4) is 17.2 Å². The first kappa shape index (κ1) is 13.5. The van der Waals surface area contributed by atoms with Crippen LogP contribution in [0.1, 0.15) is 11.7 Å². The minimum absolute atomic E-state index is 0.332. The molecule has 0 radical (unpaired) electrons. The second-order valence-corrected chi connectivity index (χ2v) is 3.96. The van der Waals surface area contributed by atoms with Crippen LogP contribution in [0.3, 0.4) is 0 Å². The highest BCUT2D eigenvalue weighted by Crippen LogP contribution is 2.46. The lowest BCUT2D eigenvalue weighted by atomic mass is 10.1. The molecule has 0 N–H and O–H groups in total. The lowest BCUT2D eigenvalue weighted by Gasteiger charge is -2.13. The molecule has 2 rings (SSSR count). The molecule has 1 aromatic carbocycles.